The fourth-order valence-corrected chi connectivity index (χ4v) is 4.90. The van der Waals surface area contributed by atoms with Gasteiger partial charge in [-0.05, 0) is 38.4 Å². The Morgan fingerprint density at radius 3 is 1.44 bits per heavy atom. The maximum absolute atomic E-state index is 4.93. The van der Waals surface area contributed by atoms with Crippen LogP contribution in [0.3, 0.4) is 0 Å². The second-order valence-electron chi connectivity index (χ2n) is 8.92. The van der Waals surface area contributed by atoms with E-state index in [1.165, 1.54) is 32.3 Å². The van der Waals surface area contributed by atoms with Crippen LogP contribution < -0.4 is 0 Å². The van der Waals surface area contributed by atoms with E-state index in [1.54, 1.807) is 0 Å². The van der Waals surface area contributed by atoms with Crippen LogP contribution in [0.2, 0.25) is 0 Å². The fourth-order valence-electron chi connectivity index (χ4n) is 4.90. The molecule has 6 aromatic carbocycles. The topological polar surface area (TPSA) is 38.7 Å². The number of fused-ring (bicyclic) bond motifs is 5. The zero-order valence-corrected chi connectivity index (χ0v) is 19.5. The van der Waals surface area contributed by atoms with Crippen LogP contribution in [0.1, 0.15) is 0 Å². The zero-order valence-electron chi connectivity index (χ0n) is 19.5. The first kappa shape index (κ1) is 20.5. The Balaban J connectivity index is 1.50. The van der Waals surface area contributed by atoms with Crippen LogP contribution >= 0.6 is 0 Å². The minimum Gasteiger partial charge on any atom is -0.208 e. The SMILES string of the molecule is c1ccc(-c2nc(-c3ccccc3)nc(-c3ccc4ccc5ccc6ccccc6c5c4c3)n2)cc1. The normalized spacial score (nSPS) is 11.3. The molecule has 3 nitrogen and oxygen atoms in total. The van der Waals surface area contributed by atoms with Gasteiger partial charge < -0.3 is 0 Å². The summed E-state index contributed by atoms with van der Waals surface area (Å²) < 4.78 is 0. The van der Waals surface area contributed by atoms with E-state index in [1.807, 2.05) is 60.7 Å². The smallest absolute Gasteiger partial charge is 0.164 e. The Labute approximate surface area is 208 Å². The van der Waals surface area contributed by atoms with Crippen molar-refractivity contribution in [1.82, 2.24) is 15.0 Å². The first-order chi connectivity index (χ1) is 17.8. The third kappa shape index (κ3) is 3.50. The first-order valence-electron chi connectivity index (χ1n) is 12.0. The number of aromatic nitrogens is 3. The Morgan fingerprint density at radius 1 is 0.333 bits per heavy atom. The number of nitrogens with zero attached hydrogens (tertiary/aromatic N) is 3. The number of rotatable bonds is 3. The van der Waals surface area contributed by atoms with Crippen LogP contribution in [0.25, 0.3) is 66.5 Å². The maximum atomic E-state index is 4.93. The summed E-state index contributed by atoms with van der Waals surface area (Å²) in [5, 5.41) is 7.37. The highest BCUT2D eigenvalue weighted by Crippen LogP contribution is 2.34. The highest BCUT2D eigenvalue weighted by Gasteiger charge is 2.13. The minimum absolute atomic E-state index is 0.668. The summed E-state index contributed by atoms with van der Waals surface area (Å²) in [5.74, 6) is 2.01. The summed E-state index contributed by atoms with van der Waals surface area (Å²) in [6.07, 6.45) is 0. The lowest BCUT2D eigenvalue weighted by atomic mass is 9.95. The van der Waals surface area contributed by atoms with Gasteiger partial charge in [-0.2, -0.15) is 0 Å². The predicted molar refractivity (Wildman–Crippen MR) is 149 cm³/mol. The molecule has 0 N–H and O–H groups in total. The van der Waals surface area contributed by atoms with E-state index < -0.39 is 0 Å². The van der Waals surface area contributed by atoms with Gasteiger partial charge >= 0.3 is 0 Å². The van der Waals surface area contributed by atoms with Gasteiger partial charge in [-0.15, -0.1) is 0 Å². The lowest BCUT2D eigenvalue weighted by Crippen LogP contribution is -2.00. The third-order valence-electron chi connectivity index (χ3n) is 6.68. The molecule has 0 aliphatic rings. The molecule has 0 aliphatic carbocycles. The molecule has 36 heavy (non-hydrogen) atoms. The average molecular weight is 460 g/mol. The second-order valence-corrected chi connectivity index (χ2v) is 8.92. The highest BCUT2D eigenvalue weighted by atomic mass is 15.0. The second kappa shape index (κ2) is 8.40. The molecule has 0 amide bonds. The van der Waals surface area contributed by atoms with E-state index in [0.29, 0.717) is 17.5 Å². The Bertz CT molecular complexity index is 1810. The molecule has 0 bridgehead atoms. The van der Waals surface area contributed by atoms with Gasteiger partial charge in [-0.3, -0.25) is 0 Å². The molecular weight excluding hydrogens is 438 g/mol. The Morgan fingerprint density at radius 2 is 0.806 bits per heavy atom. The van der Waals surface area contributed by atoms with Crippen molar-refractivity contribution in [3.63, 3.8) is 0 Å². The highest BCUT2D eigenvalue weighted by molar-refractivity contribution is 6.20. The van der Waals surface area contributed by atoms with E-state index in [-0.39, 0.29) is 0 Å². The largest absolute Gasteiger partial charge is 0.208 e. The molecule has 3 heteroatoms. The summed E-state index contributed by atoms with van der Waals surface area (Å²) in [4.78, 5) is 14.7. The molecule has 0 saturated heterocycles. The quantitative estimate of drug-likeness (QED) is 0.249. The van der Waals surface area contributed by atoms with Gasteiger partial charge in [0.05, 0.1) is 0 Å². The van der Waals surface area contributed by atoms with Crippen molar-refractivity contribution in [1.29, 1.82) is 0 Å². The van der Waals surface area contributed by atoms with Crippen molar-refractivity contribution in [3.05, 3.63) is 127 Å². The van der Waals surface area contributed by atoms with Crippen LogP contribution in [0.4, 0.5) is 0 Å². The summed E-state index contributed by atoms with van der Waals surface area (Å²) in [7, 11) is 0. The minimum atomic E-state index is 0.668. The molecule has 0 radical (unpaired) electrons. The molecule has 0 spiro atoms. The number of hydrogen-bond acceptors (Lipinski definition) is 3. The van der Waals surface area contributed by atoms with Crippen LogP contribution in [-0.2, 0) is 0 Å². The van der Waals surface area contributed by atoms with E-state index >= 15 is 0 Å². The van der Waals surface area contributed by atoms with Crippen molar-refractivity contribution < 1.29 is 0 Å². The molecule has 0 unspecified atom stereocenters. The van der Waals surface area contributed by atoms with Gasteiger partial charge in [-0.1, -0.05) is 121 Å². The van der Waals surface area contributed by atoms with E-state index in [4.69, 9.17) is 15.0 Å². The van der Waals surface area contributed by atoms with Gasteiger partial charge in [0.2, 0.25) is 0 Å². The van der Waals surface area contributed by atoms with Crippen LogP contribution in [0, 0.1) is 0 Å². The van der Waals surface area contributed by atoms with E-state index in [9.17, 15) is 0 Å². The van der Waals surface area contributed by atoms with Crippen molar-refractivity contribution in [2.24, 2.45) is 0 Å². The van der Waals surface area contributed by atoms with Crippen molar-refractivity contribution in [2.45, 2.75) is 0 Å². The molecule has 0 saturated carbocycles. The average Bonchev–Trinajstić information content (AvgIpc) is 2.97. The maximum Gasteiger partial charge on any atom is 0.164 e. The van der Waals surface area contributed by atoms with Gasteiger partial charge in [-0.25, -0.2) is 15.0 Å². The summed E-state index contributed by atoms with van der Waals surface area (Å²) >= 11 is 0. The third-order valence-corrected chi connectivity index (χ3v) is 6.68. The molecular formula is C33H21N3. The fraction of sp³-hybridized carbons (Fsp3) is 0. The van der Waals surface area contributed by atoms with E-state index in [0.717, 1.165) is 16.7 Å². The number of benzene rings is 6. The molecule has 1 heterocycles. The molecule has 0 fully saturated rings. The molecule has 0 atom stereocenters. The molecule has 0 aliphatic heterocycles. The molecule has 7 rings (SSSR count). The van der Waals surface area contributed by atoms with Gasteiger partial charge in [0.1, 0.15) is 0 Å². The van der Waals surface area contributed by atoms with E-state index in [2.05, 4.69) is 66.7 Å². The van der Waals surface area contributed by atoms with Gasteiger partial charge in [0, 0.05) is 16.7 Å². The van der Waals surface area contributed by atoms with Crippen LogP contribution in [0.15, 0.2) is 127 Å². The Kier molecular flexibility index (Phi) is 4.78. The van der Waals surface area contributed by atoms with Crippen molar-refractivity contribution >= 4 is 32.3 Å². The van der Waals surface area contributed by atoms with Crippen molar-refractivity contribution in [3.8, 4) is 34.2 Å². The standard InChI is InChI=1S/C33H21N3/c1-3-10-25(11-4-1)31-34-32(26-12-5-2-6-13-26)36-33(35-31)27-20-17-23-16-19-24-18-15-22-9-7-8-14-28(22)30(24)29(23)21-27/h1-21H. The van der Waals surface area contributed by atoms with Gasteiger partial charge in [0.25, 0.3) is 0 Å². The Hall–Kier alpha value is -4.89. The first-order valence-corrected chi connectivity index (χ1v) is 12.0. The summed E-state index contributed by atoms with van der Waals surface area (Å²) in [6, 6.07) is 44.0. The van der Waals surface area contributed by atoms with Crippen LogP contribution in [-0.4, -0.2) is 15.0 Å². The lowest BCUT2D eigenvalue weighted by Gasteiger charge is -2.11. The zero-order chi connectivity index (χ0) is 23.9. The number of hydrogen-bond donors (Lipinski definition) is 0. The summed E-state index contributed by atoms with van der Waals surface area (Å²) in [6.45, 7) is 0. The predicted octanol–water partition coefficient (Wildman–Crippen LogP) is 8.33. The molecule has 7 aromatic rings. The molecule has 1 aromatic heterocycles. The monoisotopic (exact) mass is 459 g/mol. The summed E-state index contributed by atoms with van der Waals surface area (Å²) in [5.41, 5.74) is 2.91. The lowest BCUT2D eigenvalue weighted by molar-refractivity contribution is 1.07. The molecule has 168 valence electrons. The van der Waals surface area contributed by atoms with Gasteiger partial charge in [0.15, 0.2) is 17.5 Å². The van der Waals surface area contributed by atoms with Crippen LogP contribution in [0.5, 0.6) is 0 Å². The van der Waals surface area contributed by atoms with Crippen molar-refractivity contribution in [2.75, 3.05) is 0 Å².